The largest absolute Gasteiger partial charge is 0.493 e. The van der Waals surface area contributed by atoms with Crippen LogP contribution in [0.25, 0.3) is 12.2 Å². The van der Waals surface area contributed by atoms with Gasteiger partial charge in [-0.2, -0.15) is 0 Å². The molecule has 0 unspecified atom stereocenters. The number of benzene rings is 1. The molecule has 0 aliphatic rings. The fourth-order valence-electron chi connectivity index (χ4n) is 1.97. The van der Waals surface area contributed by atoms with Crippen LogP contribution in [0.2, 0.25) is 0 Å². The van der Waals surface area contributed by atoms with E-state index < -0.39 is 21.9 Å². The third kappa shape index (κ3) is 3.54. The molecule has 0 amide bonds. The van der Waals surface area contributed by atoms with Crippen molar-refractivity contribution >= 4 is 33.8 Å². The Bertz CT molecular complexity index is 931. The Morgan fingerprint density at radius 2 is 1.75 bits per heavy atom. The predicted octanol–water partition coefficient (Wildman–Crippen LogP) is 1.92. The van der Waals surface area contributed by atoms with Gasteiger partial charge >= 0.3 is 16.9 Å². The van der Waals surface area contributed by atoms with Gasteiger partial charge in [0.05, 0.1) is 19.1 Å². The molecule has 0 saturated heterocycles. The van der Waals surface area contributed by atoms with Crippen LogP contribution in [0.5, 0.6) is 11.5 Å². The summed E-state index contributed by atoms with van der Waals surface area (Å²) < 4.78 is 11.0. The zero-order valence-corrected chi connectivity index (χ0v) is 14.2. The number of hydrogen-bond donors (Lipinski definition) is 2. The number of rotatable bonds is 5. The van der Waals surface area contributed by atoms with E-state index in [1.54, 1.807) is 12.1 Å². The molecule has 2 aromatic rings. The van der Waals surface area contributed by atoms with Gasteiger partial charge in [-0.05, 0) is 23.8 Å². The van der Waals surface area contributed by atoms with E-state index in [0.29, 0.717) is 21.5 Å². The molecular formula is C14H12BrN3O6. The second kappa shape index (κ2) is 7.13. The number of nitrogens with zero attached hydrogens (tertiary/aromatic N) is 1. The SMILES string of the molecule is COc1cc(Br)c(C=Cc2[nH]c(=O)[nH]c(=O)c2[N+](=O)[O-])cc1OC. The molecule has 1 aromatic carbocycles. The molecule has 0 spiro atoms. The van der Waals surface area contributed by atoms with Crippen LogP contribution in [0.3, 0.4) is 0 Å². The van der Waals surface area contributed by atoms with E-state index in [-0.39, 0.29) is 5.69 Å². The first-order chi connectivity index (χ1) is 11.4. The van der Waals surface area contributed by atoms with Crippen molar-refractivity contribution in [3.8, 4) is 11.5 Å². The first-order valence-corrected chi connectivity index (χ1v) is 7.27. The summed E-state index contributed by atoms with van der Waals surface area (Å²) in [5.41, 5.74) is -2.27. The third-order valence-electron chi connectivity index (χ3n) is 3.06. The van der Waals surface area contributed by atoms with Crippen LogP contribution in [0.15, 0.2) is 26.2 Å². The zero-order chi connectivity index (χ0) is 17.9. The summed E-state index contributed by atoms with van der Waals surface area (Å²) in [6.45, 7) is 0. The van der Waals surface area contributed by atoms with Crippen LogP contribution in [-0.4, -0.2) is 29.1 Å². The Hall–Kier alpha value is -2.88. The molecule has 2 rings (SSSR count). The predicted molar refractivity (Wildman–Crippen MR) is 90.5 cm³/mol. The maximum absolute atomic E-state index is 11.6. The quantitative estimate of drug-likeness (QED) is 0.585. The molecule has 1 heterocycles. The van der Waals surface area contributed by atoms with Crippen LogP contribution < -0.4 is 20.7 Å². The number of nitro groups is 1. The number of ether oxygens (including phenoxy) is 2. The molecule has 0 atom stereocenters. The first kappa shape index (κ1) is 17.5. The molecule has 2 N–H and O–H groups in total. The Morgan fingerprint density at radius 1 is 1.12 bits per heavy atom. The van der Waals surface area contributed by atoms with Gasteiger partial charge in [0.2, 0.25) is 0 Å². The fourth-order valence-corrected chi connectivity index (χ4v) is 2.42. The second-order valence-corrected chi connectivity index (χ2v) is 5.34. The lowest BCUT2D eigenvalue weighted by Crippen LogP contribution is -2.25. The van der Waals surface area contributed by atoms with Gasteiger partial charge in [-0.1, -0.05) is 22.0 Å². The molecule has 0 saturated carbocycles. The van der Waals surface area contributed by atoms with Gasteiger partial charge in [-0.15, -0.1) is 0 Å². The monoisotopic (exact) mass is 397 g/mol. The number of hydrogen-bond acceptors (Lipinski definition) is 6. The lowest BCUT2D eigenvalue weighted by Gasteiger charge is -2.09. The second-order valence-electron chi connectivity index (χ2n) is 4.49. The molecule has 126 valence electrons. The molecule has 0 aliphatic carbocycles. The Morgan fingerprint density at radius 3 is 2.33 bits per heavy atom. The number of methoxy groups -OCH3 is 2. The minimum absolute atomic E-state index is 0.213. The molecule has 9 nitrogen and oxygen atoms in total. The highest BCUT2D eigenvalue weighted by Crippen LogP contribution is 2.34. The highest BCUT2D eigenvalue weighted by molar-refractivity contribution is 9.10. The minimum Gasteiger partial charge on any atom is -0.493 e. The van der Waals surface area contributed by atoms with Gasteiger partial charge in [-0.25, -0.2) is 4.79 Å². The fraction of sp³-hybridized carbons (Fsp3) is 0.143. The van der Waals surface area contributed by atoms with Gasteiger partial charge in [0.1, 0.15) is 5.69 Å². The van der Waals surface area contributed by atoms with Gasteiger partial charge in [0, 0.05) is 4.47 Å². The molecule has 0 bridgehead atoms. The van der Waals surface area contributed by atoms with Gasteiger partial charge in [-0.3, -0.25) is 19.9 Å². The smallest absolute Gasteiger partial charge is 0.357 e. The number of aromatic amines is 2. The first-order valence-electron chi connectivity index (χ1n) is 6.48. The Balaban J connectivity index is 2.55. The lowest BCUT2D eigenvalue weighted by atomic mass is 10.1. The van der Waals surface area contributed by atoms with E-state index in [4.69, 9.17) is 9.47 Å². The highest BCUT2D eigenvalue weighted by Gasteiger charge is 2.19. The molecular weight excluding hydrogens is 386 g/mol. The maximum atomic E-state index is 11.6. The third-order valence-corrected chi connectivity index (χ3v) is 3.75. The molecule has 0 fully saturated rings. The summed E-state index contributed by atoms with van der Waals surface area (Å²) >= 11 is 3.34. The molecule has 0 aliphatic heterocycles. The van der Waals surface area contributed by atoms with E-state index in [1.165, 1.54) is 26.4 Å². The standard InChI is InChI=1S/C14H12BrN3O6/c1-23-10-5-7(8(15)6-11(10)24-2)3-4-9-12(18(21)22)13(19)17-14(20)16-9/h3-6H,1-2H3,(H2,16,17,19,20). The highest BCUT2D eigenvalue weighted by atomic mass is 79.9. The van der Waals surface area contributed by atoms with Crippen molar-refractivity contribution in [3.63, 3.8) is 0 Å². The van der Waals surface area contributed by atoms with Crippen molar-refractivity contribution in [2.75, 3.05) is 14.2 Å². The van der Waals surface area contributed by atoms with Crippen molar-refractivity contribution < 1.29 is 14.4 Å². The van der Waals surface area contributed by atoms with Crippen molar-refractivity contribution in [2.45, 2.75) is 0 Å². The van der Waals surface area contributed by atoms with E-state index >= 15 is 0 Å². The van der Waals surface area contributed by atoms with Crippen molar-refractivity contribution in [2.24, 2.45) is 0 Å². The maximum Gasteiger partial charge on any atom is 0.357 e. The van der Waals surface area contributed by atoms with E-state index in [2.05, 4.69) is 20.9 Å². The van der Waals surface area contributed by atoms with Crippen LogP contribution in [-0.2, 0) is 0 Å². The normalized spacial score (nSPS) is 10.8. The number of H-pyrrole nitrogens is 2. The van der Waals surface area contributed by atoms with Crippen molar-refractivity contribution in [3.05, 3.63) is 58.8 Å². The summed E-state index contributed by atoms with van der Waals surface area (Å²) in [7, 11) is 2.96. The van der Waals surface area contributed by atoms with Gasteiger partial charge in [0.25, 0.3) is 0 Å². The Labute approximate surface area is 143 Å². The summed E-state index contributed by atoms with van der Waals surface area (Å²) in [5, 5.41) is 11.0. The van der Waals surface area contributed by atoms with Crippen LogP contribution >= 0.6 is 15.9 Å². The van der Waals surface area contributed by atoms with E-state index in [0.717, 1.165) is 0 Å². The molecule has 24 heavy (non-hydrogen) atoms. The number of aromatic nitrogens is 2. The summed E-state index contributed by atoms with van der Waals surface area (Å²) in [5.74, 6) is 0.950. The van der Waals surface area contributed by atoms with E-state index in [1.807, 2.05) is 4.98 Å². The molecule has 10 heteroatoms. The molecule has 1 aromatic heterocycles. The average Bonchev–Trinajstić information content (AvgIpc) is 2.52. The van der Waals surface area contributed by atoms with Gasteiger partial charge < -0.3 is 14.5 Å². The van der Waals surface area contributed by atoms with Crippen LogP contribution in [0, 0.1) is 10.1 Å². The lowest BCUT2D eigenvalue weighted by molar-refractivity contribution is -0.386. The van der Waals surface area contributed by atoms with Crippen molar-refractivity contribution in [1.82, 2.24) is 9.97 Å². The topological polar surface area (TPSA) is 127 Å². The summed E-state index contributed by atoms with van der Waals surface area (Å²) in [4.78, 5) is 37.1. The average molecular weight is 398 g/mol. The number of nitrogens with one attached hydrogen (secondary N) is 2. The van der Waals surface area contributed by atoms with E-state index in [9.17, 15) is 19.7 Å². The minimum atomic E-state index is -1.07. The van der Waals surface area contributed by atoms with Crippen LogP contribution in [0.4, 0.5) is 5.69 Å². The summed E-state index contributed by atoms with van der Waals surface area (Å²) in [6.07, 6.45) is 2.75. The van der Waals surface area contributed by atoms with Crippen molar-refractivity contribution in [1.29, 1.82) is 0 Å². The summed E-state index contributed by atoms with van der Waals surface area (Å²) in [6, 6.07) is 3.30. The van der Waals surface area contributed by atoms with Crippen LogP contribution in [0.1, 0.15) is 11.3 Å². The number of halogens is 1. The molecule has 0 radical (unpaired) electrons. The van der Waals surface area contributed by atoms with Gasteiger partial charge in [0.15, 0.2) is 11.5 Å². The Kier molecular flexibility index (Phi) is 5.19. The zero-order valence-electron chi connectivity index (χ0n) is 12.6.